The van der Waals surface area contributed by atoms with E-state index in [0.717, 1.165) is 16.8 Å². The van der Waals surface area contributed by atoms with Gasteiger partial charge in [-0.2, -0.15) is 0 Å². The maximum atomic E-state index is 6.11. The first-order chi connectivity index (χ1) is 8.54. The fourth-order valence-electron chi connectivity index (χ4n) is 3.30. The predicted molar refractivity (Wildman–Crippen MR) is 81.5 cm³/mol. The van der Waals surface area contributed by atoms with Crippen molar-refractivity contribution in [2.45, 2.75) is 52.5 Å². The third kappa shape index (κ3) is 3.09. The van der Waals surface area contributed by atoms with Crippen LogP contribution in [0.1, 0.15) is 57.4 Å². The van der Waals surface area contributed by atoms with E-state index in [1.807, 2.05) is 6.07 Å². The Kier molecular flexibility index (Phi) is 4.74. The van der Waals surface area contributed by atoms with E-state index in [9.17, 15) is 0 Å². The summed E-state index contributed by atoms with van der Waals surface area (Å²) in [5.74, 6) is 0.723. The zero-order valence-corrected chi connectivity index (χ0v) is 13.2. The molecular weight excluding hydrogens is 262 g/mol. The highest BCUT2D eigenvalue weighted by Gasteiger charge is 2.38. The van der Waals surface area contributed by atoms with Crippen LogP contribution in [-0.4, -0.2) is 6.54 Å². The first kappa shape index (κ1) is 14.4. The molecule has 3 heteroatoms. The van der Waals surface area contributed by atoms with Gasteiger partial charge in [0.05, 0.1) is 4.34 Å². The molecule has 102 valence electrons. The Balaban J connectivity index is 2.23. The standard InChI is InChI=1S/C15H24ClNS/c1-4-17-14(12-8-9-13(16)18-12)11-7-5-6-10-15(11,2)3/h8-9,11,14,17H,4-7,10H2,1-3H3. The molecule has 0 bridgehead atoms. The van der Waals surface area contributed by atoms with Gasteiger partial charge in [0, 0.05) is 10.9 Å². The van der Waals surface area contributed by atoms with Crippen LogP contribution in [0.3, 0.4) is 0 Å². The average Bonchev–Trinajstić information content (AvgIpc) is 2.73. The third-order valence-electron chi connectivity index (χ3n) is 4.32. The largest absolute Gasteiger partial charge is 0.309 e. The lowest BCUT2D eigenvalue weighted by atomic mass is 9.65. The molecule has 0 saturated heterocycles. The second-order valence-electron chi connectivity index (χ2n) is 6.02. The number of hydrogen-bond acceptors (Lipinski definition) is 2. The third-order valence-corrected chi connectivity index (χ3v) is 5.63. The topological polar surface area (TPSA) is 12.0 Å². The van der Waals surface area contributed by atoms with Gasteiger partial charge in [0.25, 0.3) is 0 Å². The van der Waals surface area contributed by atoms with E-state index in [4.69, 9.17) is 11.6 Å². The lowest BCUT2D eigenvalue weighted by Gasteiger charge is -2.43. The van der Waals surface area contributed by atoms with Crippen molar-refractivity contribution in [2.75, 3.05) is 6.54 Å². The van der Waals surface area contributed by atoms with Crippen molar-refractivity contribution in [2.24, 2.45) is 11.3 Å². The van der Waals surface area contributed by atoms with Crippen LogP contribution < -0.4 is 5.32 Å². The summed E-state index contributed by atoms with van der Waals surface area (Å²) in [6.45, 7) is 8.07. The second-order valence-corrected chi connectivity index (χ2v) is 7.76. The van der Waals surface area contributed by atoms with Gasteiger partial charge in [-0.05, 0) is 42.9 Å². The van der Waals surface area contributed by atoms with Crippen molar-refractivity contribution in [1.82, 2.24) is 5.32 Å². The molecule has 1 aliphatic rings. The Morgan fingerprint density at radius 3 is 2.78 bits per heavy atom. The first-order valence-corrected chi connectivity index (χ1v) is 8.22. The number of hydrogen-bond donors (Lipinski definition) is 1. The summed E-state index contributed by atoms with van der Waals surface area (Å²) < 4.78 is 0.904. The molecule has 1 nitrogen and oxygen atoms in total. The number of thiophene rings is 1. The Labute approximate surface area is 120 Å². The maximum absolute atomic E-state index is 6.11. The van der Waals surface area contributed by atoms with E-state index in [1.165, 1.54) is 30.6 Å². The quantitative estimate of drug-likeness (QED) is 0.795. The minimum absolute atomic E-state index is 0.432. The highest BCUT2D eigenvalue weighted by Crippen LogP contribution is 2.48. The molecule has 1 aromatic rings. The van der Waals surface area contributed by atoms with Gasteiger partial charge in [-0.3, -0.25) is 0 Å². The monoisotopic (exact) mass is 285 g/mol. The fourth-order valence-corrected chi connectivity index (χ4v) is 4.50. The zero-order valence-electron chi connectivity index (χ0n) is 11.6. The molecule has 0 aliphatic heterocycles. The number of nitrogens with one attached hydrogen (secondary N) is 1. The summed E-state index contributed by atoms with van der Waals surface area (Å²) in [7, 11) is 0. The molecule has 2 atom stereocenters. The normalized spacial score (nSPS) is 25.0. The van der Waals surface area contributed by atoms with Crippen LogP contribution in [0.4, 0.5) is 0 Å². The van der Waals surface area contributed by atoms with Crippen LogP contribution in [0, 0.1) is 11.3 Å². The molecule has 2 unspecified atom stereocenters. The number of halogens is 1. The SMILES string of the molecule is CCNC(c1ccc(Cl)s1)C1CCCCC1(C)C. The van der Waals surface area contributed by atoms with Crippen molar-refractivity contribution in [3.8, 4) is 0 Å². The van der Waals surface area contributed by atoms with E-state index in [1.54, 1.807) is 11.3 Å². The first-order valence-electron chi connectivity index (χ1n) is 7.03. The number of rotatable bonds is 4. The molecule has 18 heavy (non-hydrogen) atoms. The Hall–Kier alpha value is -0.0500. The lowest BCUT2D eigenvalue weighted by molar-refractivity contribution is 0.100. The summed E-state index contributed by atoms with van der Waals surface area (Å²) in [4.78, 5) is 1.40. The van der Waals surface area contributed by atoms with Crippen LogP contribution in [0.15, 0.2) is 12.1 Å². The van der Waals surface area contributed by atoms with Gasteiger partial charge in [-0.1, -0.05) is 45.2 Å². The summed E-state index contributed by atoms with van der Waals surface area (Å²) in [5.41, 5.74) is 0.432. The average molecular weight is 286 g/mol. The van der Waals surface area contributed by atoms with E-state index in [-0.39, 0.29) is 0 Å². The van der Waals surface area contributed by atoms with E-state index in [2.05, 4.69) is 32.2 Å². The summed E-state index contributed by atoms with van der Waals surface area (Å²) in [6, 6.07) is 4.70. The molecule has 1 aromatic heterocycles. The molecule has 0 radical (unpaired) electrons. The lowest BCUT2D eigenvalue weighted by Crippen LogP contribution is -2.38. The van der Waals surface area contributed by atoms with Gasteiger partial charge in [0.2, 0.25) is 0 Å². The molecule has 1 N–H and O–H groups in total. The molecular formula is C15H24ClNS. The highest BCUT2D eigenvalue weighted by molar-refractivity contribution is 7.16. The molecule has 1 heterocycles. The molecule has 1 saturated carbocycles. The van der Waals surface area contributed by atoms with Crippen molar-refractivity contribution < 1.29 is 0 Å². The molecule has 0 aromatic carbocycles. The second kappa shape index (κ2) is 5.94. The van der Waals surface area contributed by atoms with Gasteiger partial charge in [0.15, 0.2) is 0 Å². The van der Waals surface area contributed by atoms with Gasteiger partial charge >= 0.3 is 0 Å². The van der Waals surface area contributed by atoms with Gasteiger partial charge in [0.1, 0.15) is 0 Å². The summed E-state index contributed by atoms with van der Waals surface area (Å²) >= 11 is 7.84. The van der Waals surface area contributed by atoms with Crippen molar-refractivity contribution in [1.29, 1.82) is 0 Å². The Bertz CT molecular complexity index is 386. The molecule has 1 fully saturated rings. The van der Waals surface area contributed by atoms with Crippen molar-refractivity contribution in [3.63, 3.8) is 0 Å². The van der Waals surface area contributed by atoms with E-state index in [0.29, 0.717) is 11.5 Å². The van der Waals surface area contributed by atoms with Crippen LogP contribution in [0.2, 0.25) is 4.34 Å². The van der Waals surface area contributed by atoms with E-state index >= 15 is 0 Å². The molecule has 1 aliphatic carbocycles. The van der Waals surface area contributed by atoms with Gasteiger partial charge in [-0.25, -0.2) is 0 Å². The van der Waals surface area contributed by atoms with E-state index < -0.39 is 0 Å². The van der Waals surface area contributed by atoms with Crippen molar-refractivity contribution >= 4 is 22.9 Å². The smallest absolute Gasteiger partial charge is 0.0931 e. The Morgan fingerprint density at radius 2 is 2.22 bits per heavy atom. The molecule has 0 amide bonds. The van der Waals surface area contributed by atoms with Crippen LogP contribution in [-0.2, 0) is 0 Å². The van der Waals surface area contributed by atoms with Gasteiger partial charge < -0.3 is 5.32 Å². The summed E-state index contributed by atoms with van der Waals surface area (Å²) in [6.07, 6.45) is 5.43. The Morgan fingerprint density at radius 1 is 1.44 bits per heavy atom. The van der Waals surface area contributed by atoms with Crippen LogP contribution >= 0.6 is 22.9 Å². The highest BCUT2D eigenvalue weighted by atomic mass is 35.5. The van der Waals surface area contributed by atoms with Crippen LogP contribution in [0.25, 0.3) is 0 Å². The fraction of sp³-hybridized carbons (Fsp3) is 0.733. The van der Waals surface area contributed by atoms with Gasteiger partial charge in [-0.15, -0.1) is 11.3 Å². The molecule has 2 rings (SSSR count). The minimum Gasteiger partial charge on any atom is -0.309 e. The van der Waals surface area contributed by atoms with Crippen LogP contribution in [0.5, 0.6) is 0 Å². The summed E-state index contributed by atoms with van der Waals surface area (Å²) in [5, 5.41) is 3.69. The maximum Gasteiger partial charge on any atom is 0.0931 e. The van der Waals surface area contributed by atoms with Crippen molar-refractivity contribution in [3.05, 3.63) is 21.3 Å². The zero-order chi connectivity index (χ0) is 13.2. The molecule has 0 spiro atoms. The predicted octanol–water partition coefficient (Wildman–Crippen LogP) is 5.27. The minimum atomic E-state index is 0.432.